The number of aromatic amines is 1. The van der Waals surface area contributed by atoms with E-state index in [0.29, 0.717) is 17.5 Å². The number of benzene rings is 1. The zero-order valence-corrected chi connectivity index (χ0v) is 19.1. The molecule has 0 fully saturated rings. The summed E-state index contributed by atoms with van der Waals surface area (Å²) >= 11 is 0. The molecule has 0 aliphatic heterocycles. The lowest BCUT2D eigenvalue weighted by Gasteiger charge is -2.12. The molecule has 36 heavy (non-hydrogen) atoms. The first-order valence-electron chi connectivity index (χ1n) is 11.0. The maximum absolute atomic E-state index is 13.7. The van der Waals surface area contributed by atoms with Crippen LogP contribution in [-0.2, 0) is 25.2 Å². The van der Waals surface area contributed by atoms with E-state index < -0.39 is 23.4 Å². The SMILES string of the molecule is CCCn1c(=O)c2[nH]c(-c3cnn(Cc4cccc(C(C)(F)F)c4)c3)nc2n2cc(C(F)(F)F)nc12. The fraction of sp³-hybridized carbons (Fsp3) is 0.304. The third-order valence-electron chi connectivity index (χ3n) is 5.72. The van der Waals surface area contributed by atoms with Crippen LogP contribution in [0.3, 0.4) is 0 Å². The Bertz CT molecular complexity index is 1630. The van der Waals surface area contributed by atoms with E-state index in [1.54, 1.807) is 25.3 Å². The summed E-state index contributed by atoms with van der Waals surface area (Å²) in [6, 6.07) is 5.98. The van der Waals surface area contributed by atoms with Gasteiger partial charge >= 0.3 is 6.18 Å². The van der Waals surface area contributed by atoms with Crippen molar-refractivity contribution >= 4 is 16.9 Å². The molecule has 0 saturated carbocycles. The summed E-state index contributed by atoms with van der Waals surface area (Å²) in [6.07, 6.45) is -0.301. The number of hydrogen-bond donors (Lipinski definition) is 1. The second-order valence-electron chi connectivity index (χ2n) is 8.55. The molecule has 0 bridgehead atoms. The monoisotopic (exact) mass is 505 g/mol. The van der Waals surface area contributed by atoms with Crippen molar-refractivity contribution in [3.63, 3.8) is 0 Å². The number of imidazole rings is 2. The Balaban J connectivity index is 1.56. The molecule has 4 aromatic heterocycles. The van der Waals surface area contributed by atoms with Gasteiger partial charge in [-0.15, -0.1) is 0 Å². The predicted octanol–water partition coefficient (Wildman–Crippen LogP) is 4.82. The topological polar surface area (TPSA) is 85.8 Å². The lowest BCUT2D eigenvalue weighted by Crippen LogP contribution is -2.23. The van der Waals surface area contributed by atoms with Gasteiger partial charge in [0.25, 0.3) is 11.5 Å². The van der Waals surface area contributed by atoms with Crippen molar-refractivity contribution in [2.75, 3.05) is 0 Å². The highest BCUT2D eigenvalue weighted by molar-refractivity contribution is 5.77. The van der Waals surface area contributed by atoms with Crippen molar-refractivity contribution in [1.29, 1.82) is 0 Å². The van der Waals surface area contributed by atoms with Crippen molar-refractivity contribution in [3.8, 4) is 11.4 Å². The predicted molar refractivity (Wildman–Crippen MR) is 121 cm³/mol. The number of hydrogen-bond acceptors (Lipinski definition) is 4. The smallest absolute Gasteiger partial charge is 0.332 e. The lowest BCUT2D eigenvalue weighted by molar-refractivity contribution is -0.140. The summed E-state index contributed by atoms with van der Waals surface area (Å²) in [5.41, 5.74) is -0.674. The van der Waals surface area contributed by atoms with E-state index in [1.165, 1.54) is 27.6 Å². The van der Waals surface area contributed by atoms with Crippen LogP contribution < -0.4 is 5.56 Å². The summed E-state index contributed by atoms with van der Waals surface area (Å²) in [5.74, 6) is -2.91. The maximum atomic E-state index is 13.7. The molecule has 5 rings (SSSR count). The van der Waals surface area contributed by atoms with Gasteiger partial charge in [-0.2, -0.15) is 18.3 Å². The first-order chi connectivity index (χ1) is 17.0. The largest absolute Gasteiger partial charge is 0.434 e. The van der Waals surface area contributed by atoms with Crippen molar-refractivity contribution in [1.82, 2.24) is 33.7 Å². The van der Waals surface area contributed by atoms with E-state index in [-0.39, 0.29) is 41.4 Å². The van der Waals surface area contributed by atoms with E-state index in [9.17, 15) is 26.7 Å². The highest BCUT2D eigenvalue weighted by atomic mass is 19.4. The van der Waals surface area contributed by atoms with Gasteiger partial charge in [-0.25, -0.2) is 18.7 Å². The Morgan fingerprint density at radius 2 is 1.86 bits per heavy atom. The molecule has 0 unspecified atom stereocenters. The number of nitrogens with one attached hydrogen (secondary N) is 1. The van der Waals surface area contributed by atoms with Gasteiger partial charge in [0.05, 0.1) is 18.3 Å². The molecule has 0 aliphatic carbocycles. The highest BCUT2D eigenvalue weighted by Gasteiger charge is 2.35. The minimum Gasteiger partial charge on any atom is -0.332 e. The zero-order valence-electron chi connectivity index (χ0n) is 19.1. The summed E-state index contributed by atoms with van der Waals surface area (Å²) in [6.45, 7) is 3.00. The standard InChI is InChI=1S/C23H20F5N7O/c1-3-7-34-20(36)17-19(35-12-16(23(26,27)28)30-21(34)35)32-18(31-17)14-9-29-33(11-14)10-13-5-4-6-15(8-13)22(2,24)25/h4-6,8-9,11-12H,3,7,10H2,1-2H3,(H,31,32). The van der Waals surface area contributed by atoms with Gasteiger partial charge in [-0.05, 0) is 18.1 Å². The second-order valence-corrected chi connectivity index (χ2v) is 8.55. The third-order valence-corrected chi connectivity index (χ3v) is 5.72. The quantitative estimate of drug-likeness (QED) is 0.335. The molecular weight excluding hydrogens is 485 g/mol. The number of nitrogens with zero attached hydrogens (tertiary/aromatic N) is 6. The van der Waals surface area contributed by atoms with Crippen LogP contribution in [0, 0.1) is 0 Å². The van der Waals surface area contributed by atoms with Crippen molar-refractivity contribution in [2.24, 2.45) is 0 Å². The molecule has 4 heterocycles. The first kappa shape index (κ1) is 23.7. The molecule has 13 heteroatoms. The normalized spacial score (nSPS) is 12.8. The molecule has 0 atom stereocenters. The Morgan fingerprint density at radius 3 is 2.56 bits per heavy atom. The van der Waals surface area contributed by atoms with Gasteiger partial charge in [-0.1, -0.05) is 25.1 Å². The van der Waals surface area contributed by atoms with Gasteiger partial charge in [0.2, 0.25) is 5.78 Å². The van der Waals surface area contributed by atoms with Crippen LogP contribution in [0.5, 0.6) is 0 Å². The van der Waals surface area contributed by atoms with Gasteiger partial charge in [-0.3, -0.25) is 18.4 Å². The summed E-state index contributed by atoms with van der Waals surface area (Å²) in [5, 5.41) is 4.24. The van der Waals surface area contributed by atoms with E-state index in [4.69, 9.17) is 0 Å². The molecule has 0 radical (unpaired) electrons. The number of aryl methyl sites for hydroxylation is 1. The molecule has 1 aromatic carbocycles. The Labute approximate surface area is 200 Å². The van der Waals surface area contributed by atoms with Crippen molar-refractivity contribution in [2.45, 2.75) is 45.5 Å². The van der Waals surface area contributed by atoms with Crippen LogP contribution in [-0.4, -0.2) is 33.7 Å². The number of rotatable bonds is 6. The number of halogens is 5. The first-order valence-corrected chi connectivity index (χ1v) is 11.0. The average Bonchev–Trinajstić information content (AvgIpc) is 3.53. The summed E-state index contributed by atoms with van der Waals surface area (Å²) in [7, 11) is 0. The molecule has 8 nitrogen and oxygen atoms in total. The highest BCUT2D eigenvalue weighted by Crippen LogP contribution is 2.30. The van der Waals surface area contributed by atoms with Crippen molar-refractivity contribution in [3.05, 3.63) is 70.0 Å². The minimum absolute atomic E-state index is 0.00554. The third kappa shape index (κ3) is 4.14. The van der Waals surface area contributed by atoms with E-state index in [0.717, 1.165) is 17.5 Å². The van der Waals surface area contributed by atoms with Crippen LogP contribution in [0.25, 0.3) is 28.3 Å². The van der Waals surface area contributed by atoms with E-state index in [1.807, 2.05) is 0 Å². The molecular formula is C23H20F5N7O. The minimum atomic E-state index is -4.69. The number of fused-ring (bicyclic) bond motifs is 3. The molecule has 5 aromatic rings. The molecule has 0 saturated heterocycles. The zero-order chi connectivity index (χ0) is 25.8. The fourth-order valence-electron chi connectivity index (χ4n) is 4.03. The lowest BCUT2D eigenvalue weighted by atomic mass is 10.1. The van der Waals surface area contributed by atoms with Gasteiger partial charge in [0, 0.05) is 31.4 Å². The van der Waals surface area contributed by atoms with Crippen LogP contribution in [0.2, 0.25) is 0 Å². The van der Waals surface area contributed by atoms with Crippen molar-refractivity contribution < 1.29 is 22.0 Å². The fourth-order valence-corrected chi connectivity index (χ4v) is 4.03. The van der Waals surface area contributed by atoms with E-state index in [2.05, 4.69) is 20.1 Å². The number of H-pyrrole nitrogens is 1. The van der Waals surface area contributed by atoms with E-state index >= 15 is 0 Å². The Hall–Kier alpha value is -4.03. The van der Waals surface area contributed by atoms with Crippen LogP contribution >= 0.6 is 0 Å². The Morgan fingerprint density at radius 1 is 1.08 bits per heavy atom. The van der Waals surface area contributed by atoms with Crippen LogP contribution in [0.15, 0.2) is 47.7 Å². The van der Waals surface area contributed by atoms with Crippen LogP contribution in [0.4, 0.5) is 22.0 Å². The average molecular weight is 505 g/mol. The molecule has 1 N–H and O–H groups in total. The number of aromatic nitrogens is 7. The summed E-state index contributed by atoms with van der Waals surface area (Å²) < 4.78 is 71.2. The molecule has 188 valence electrons. The molecule has 0 amide bonds. The Kier molecular flexibility index (Phi) is 5.45. The van der Waals surface area contributed by atoms with Crippen LogP contribution in [0.1, 0.15) is 37.1 Å². The number of alkyl halides is 5. The second kappa shape index (κ2) is 8.28. The van der Waals surface area contributed by atoms with Gasteiger partial charge < -0.3 is 4.98 Å². The maximum Gasteiger partial charge on any atom is 0.434 e. The molecule has 0 aliphatic rings. The summed E-state index contributed by atoms with van der Waals surface area (Å²) in [4.78, 5) is 24.0. The van der Waals surface area contributed by atoms with Gasteiger partial charge in [0.15, 0.2) is 16.9 Å². The molecule has 0 spiro atoms. The van der Waals surface area contributed by atoms with Gasteiger partial charge in [0.1, 0.15) is 5.82 Å².